The molecule has 1 N–H and O–H groups in total. The van der Waals surface area contributed by atoms with E-state index in [-0.39, 0.29) is 12.5 Å². The molecule has 0 saturated carbocycles. The van der Waals surface area contributed by atoms with Gasteiger partial charge in [-0.3, -0.25) is 4.79 Å². The van der Waals surface area contributed by atoms with E-state index in [0.717, 1.165) is 19.3 Å². The fourth-order valence-corrected chi connectivity index (χ4v) is 0.788. The summed E-state index contributed by atoms with van der Waals surface area (Å²) in [6.45, 7) is 0.232. The standard InChI is InChI=1S/C8H17NO2/c1-9(2)8(11)6-4-3-5-7-10/h10H,3-7H2,1-2H3. The van der Waals surface area contributed by atoms with Crippen LogP contribution in [0.4, 0.5) is 0 Å². The van der Waals surface area contributed by atoms with Crippen molar-refractivity contribution in [1.29, 1.82) is 0 Å². The van der Waals surface area contributed by atoms with Gasteiger partial charge in [0, 0.05) is 27.1 Å². The number of aliphatic hydroxyl groups excluding tert-OH is 1. The Morgan fingerprint density at radius 1 is 1.27 bits per heavy atom. The van der Waals surface area contributed by atoms with Gasteiger partial charge in [0.2, 0.25) is 5.91 Å². The Morgan fingerprint density at radius 3 is 2.36 bits per heavy atom. The first-order chi connectivity index (χ1) is 5.18. The van der Waals surface area contributed by atoms with E-state index in [1.165, 1.54) is 0 Å². The molecule has 0 atom stereocenters. The molecule has 3 heteroatoms. The molecule has 0 unspecified atom stereocenters. The summed E-state index contributed by atoms with van der Waals surface area (Å²) in [7, 11) is 3.52. The van der Waals surface area contributed by atoms with Crippen LogP contribution in [0.25, 0.3) is 0 Å². The fourth-order valence-electron chi connectivity index (χ4n) is 0.788. The molecule has 0 fully saturated rings. The van der Waals surface area contributed by atoms with E-state index >= 15 is 0 Å². The molecule has 0 aliphatic heterocycles. The minimum atomic E-state index is 0.169. The third kappa shape index (κ3) is 5.85. The molecule has 0 rings (SSSR count). The largest absolute Gasteiger partial charge is 0.396 e. The van der Waals surface area contributed by atoms with Crippen LogP contribution in [0.3, 0.4) is 0 Å². The Hall–Kier alpha value is -0.570. The maximum atomic E-state index is 11.0. The topological polar surface area (TPSA) is 40.5 Å². The van der Waals surface area contributed by atoms with Crippen molar-refractivity contribution in [3.05, 3.63) is 0 Å². The number of carbonyl (C=O) groups excluding carboxylic acids is 1. The van der Waals surface area contributed by atoms with Crippen LogP contribution in [0.1, 0.15) is 25.7 Å². The lowest BCUT2D eigenvalue weighted by molar-refractivity contribution is -0.128. The Bertz CT molecular complexity index is 113. The molecule has 66 valence electrons. The highest BCUT2D eigenvalue weighted by molar-refractivity contribution is 5.75. The van der Waals surface area contributed by atoms with Crippen molar-refractivity contribution < 1.29 is 9.90 Å². The average molecular weight is 159 g/mol. The molecule has 11 heavy (non-hydrogen) atoms. The molecule has 0 bridgehead atoms. The molecule has 0 heterocycles. The molecule has 0 aromatic carbocycles. The Labute approximate surface area is 68.0 Å². The SMILES string of the molecule is CN(C)C(=O)CCCCCO. The van der Waals surface area contributed by atoms with E-state index in [0.29, 0.717) is 6.42 Å². The predicted molar refractivity (Wildman–Crippen MR) is 44.2 cm³/mol. The van der Waals surface area contributed by atoms with Crippen LogP contribution in [0.15, 0.2) is 0 Å². The Balaban J connectivity index is 3.18. The number of hydrogen-bond acceptors (Lipinski definition) is 2. The number of nitrogens with zero attached hydrogens (tertiary/aromatic N) is 1. The molecule has 0 aromatic rings. The van der Waals surface area contributed by atoms with Gasteiger partial charge in [-0.05, 0) is 12.8 Å². The lowest BCUT2D eigenvalue weighted by Crippen LogP contribution is -2.21. The summed E-state index contributed by atoms with van der Waals surface area (Å²) >= 11 is 0. The Kier molecular flexibility index (Phi) is 5.84. The van der Waals surface area contributed by atoms with Crippen molar-refractivity contribution in [2.45, 2.75) is 25.7 Å². The number of carbonyl (C=O) groups is 1. The first kappa shape index (κ1) is 10.4. The zero-order valence-electron chi connectivity index (χ0n) is 7.34. The summed E-state index contributed by atoms with van der Waals surface area (Å²) < 4.78 is 0. The van der Waals surface area contributed by atoms with Crippen molar-refractivity contribution >= 4 is 5.91 Å². The van der Waals surface area contributed by atoms with E-state index in [4.69, 9.17) is 5.11 Å². The van der Waals surface area contributed by atoms with Crippen LogP contribution < -0.4 is 0 Å². The molecule has 0 aliphatic carbocycles. The van der Waals surface area contributed by atoms with Gasteiger partial charge in [-0.25, -0.2) is 0 Å². The second-order valence-electron chi connectivity index (χ2n) is 2.82. The number of amides is 1. The van der Waals surface area contributed by atoms with Gasteiger partial charge < -0.3 is 10.0 Å². The highest BCUT2D eigenvalue weighted by Gasteiger charge is 2.01. The van der Waals surface area contributed by atoms with Crippen molar-refractivity contribution in [3.8, 4) is 0 Å². The maximum absolute atomic E-state index is 11.0. The number of unbranched alkanes of at least 4 members (excludes halogenated alkanes) is 2. The third-order valence-corrected chi connectivity index (χ3v) is 1.55. The lowest BCUT2D eigenvalue weighted by Gasteiger charge is -2.08. The molecule has 3 nitrogen and oxygen atoms in total. The third-order valence-electron chi connectivity index (χ3n) is 1.55. The number of hydrogen-bond donors (Lipinski definition) is 1. The second kappa shape index (κ2) is 6.16. The summed E-state index contributed by atoms with van der Waals surface area (Å²) in [6, 6.07) is 0. The van der Waals surface area contributed by atoms with E-state index < -0.39 is 0 Å². The van der Waals surface area contributed by atoms with Gasteiger partial charge in [0.25, 0.3) is 0 Å². The summed E-state index contributed by atoms with van der Waals surface area (Å²) in [5, 5.41) is 8.45. The van der Waals surface area contributed by atoms with Crippen molar-refractivity contribution in [2.75, 3.05) is 20.7 Å². The quantitative estimate of drug-likeness (QED) is 0.598. The summed E-state index contributed by atoms with van der Waals surface area (Å²) in [5.74, 6) is 0.169. The van der Waals surface area contributed by atoms with Crippen molar-refractivity contribution in [3.63, 3.8) is 0 Å². The molecule has 0 aromatic heterocycles. The Morgan fingerprint density at radius 2 is 1.91 bits per heavy atom. The van der Waals surface area contributed by atoms with Crippen LogP contribution in [-0.2, 0) is 4.79 Å². The monoisotopic (exact) mass is 159 g/mol. The summed E-state index contributed by atoms with van der Waals surface area (Å²) in [5.41, 5.74) is 0. The fraction of sp³-hybridized carbons (Fsp3) is 0.875. The van der Waals surface area contributed by atoms with Crippen LogP contribution in [0.5, 0.6) is 0 Å². The molecular weight excluding hydrogens is 142 g/mol. The molecule has 1 amide bonds. The average Bonchev–Trinajstić information content (AvgIpc) is 1.97. The molecule has 0 spiro atoms. The number of rotatable bonds is 5. The van der Waals surface area contributed by atoms with E-state index in [9.17, 15) is 4.79 Å². The zero-order chi connectivity index (χ0) is 8.69. The van der Waals surface area contributed by atoms with Gasteiger partial charge in [0.05, 0.1) is 0 Å². The van der Waals surface area contributed by atoms with Crippen LogP contribution >= 0.6 is 0 Å². The normalized spacial score (nSPS) is 9.73. The van der Waals surface area contributed by atoms with E-state index in [1.54, 1.807) is 19.0 Å². The molecule has 0 radical (unpaired) electrons. The number of aliphatic hydroxyl groups is 1. The van der Waals surface area contributed by atoms with E-state index in [1.807, 2.05) is 0 Å². The van der Waals surface area contributed by atoms with Gasteiger partial charge in [0.15, 0.2) is 0 Å². The second-order valence-corrected chi connectivity index (χ2v) is 2.82. The summed E-state index contributed by atoms with van der Waals surface area (Å²) in [4.78, 5) is 12.6. The zero-order valence-corrected chi connectivity index (χ0v) is 7.34. The van der Waals surface area contributed by atoms with E-state index in [2.05, 4.69) is 0 Å². The first-order valence-corrected chi connectivity index (χ1v) is 3.99. The van der Waals surface area contributed by atoms with Crippen LogP contribution in [0.2, 0.25) is 0 Å². The summed E-state index contributed by atoms with van der Waals surface area (Å²) in [6.07, 6.45) is 3.24. The smallest absolute Gasteiger partial charge is 0.222 e. The van der Waals surface area contributed by atoms with Crippen LogP contribution in [-0.4, -0.2) is 36.6 Å². The van der Waals surface area contributed by atoms with Crippen LogP contribution in [0, 0.1) is 0 Å². The molecular formula is C8H17NO2. The maximum Gasteiger partial charge on any atom is 0.222 e. The highest BCUT2D eigenvalue weighted by atomic mass is 16.2. The predicted octanol–water partition coefficient (Wildman–Crippen LogP) is 0.627. The minimum Gasteiger partial charge on any atom is -0.396 e. The lowest BCUT2D eigenvalue weighted by atomic mass is 10.2. The van der Waals surface area contributed by atoms with Crippen molar-refractivity contribution in [2.24, 2.45) is 0 Å². The van der Waals surface area contributed by atoms with Gasteiger partial charge >= 0.3 is 0 Å². The van der Waals surface area contributed by atoms with Gasteiger partial charge in [-0.15, -0.1) is 0 Å². The van der Waals surface area contributed by atoms with Gasteiger partial charge in [-0.1, -0.05) is 6.42 Å². The van der Waals surface area contributed by atoms with Gasteiger partial charge in [-0.2, -0.15) is 0 Å². The minimum absolute atomic E-state index is 0.169. The highest BCUT2D eigenvalue weighted by Crippen LogP contribution is 2.00. The molecule has 0 aliphatic rings. The molecule has 0 saturated heterocycles. The first-order valence-electron chi connectivity index (χ1n) is 3.99. The van der Waals surface area contributed by atoms with Crippen molar-refractivity contribution in [1.82, 2.24) is 4.90 Å². The van der Waals surface area contributed by atoms with Gasteiger partial charge in [0.1, 0.15) is 0 Å².